The van der Waals surface area contributed by atoms with E-state index in [1.54, 1.807) is 25.1 Å². The van der Waals surface area contributed by atoms with Gasteiger partial charge in [-0.05, 0) is 19.1 Å². The number of carbonyl (C=O) groups excluding carboxylic acids is 1. The van der Waals surface area contributed by atoms with Gasteiger partial charge in [0.2, 0.25) is 5.95 Å². The molecule has 130 valence electrons. The summed E-state index contributed by atoms with van der Waals surface area (Å²) in [5.41, 5.74) is 6.22. The third kappa shape index (κ3) is 3.29. The van der Waals surface area contributed by atoms with E-state index >= 15 is 0 Å². The maximum atomic E-state index is 12.4. The number of amides is 1. The second-order valence-corrected chi connectivity index (χ2v) is 5.91. The molecule has 2 heterocycles. The number of benzene rings is 1. The normalized spacial score (nSPS) is 12.1. The minimum atomic E-state index is -0.611. The van der Waals surface area contributed by atoms with Gasteiger partial charge in [-0.15, -0.1) is 0 Å². The summed E-state index contributed by atoms with van der Waals surface area (Å²) in [5.74, 6) is 0.215. The Morgan fingerprint density at radius 3 is 2.76 bits per heavy atom. The summed E-state index contributed by atoms with van der Waals surface area (Å²) in [6.45, 7) is 1.80. The minimum Gasteiger partial charge on any atom is -0.495 e. The maximum absolute atomic E-state index is 12.4. The van der Waals surface area contributed by atoms with E-state index < -0.39 is 5.91 Å². The number of anilines is 1. The zero-order valence-corrected chi connectivity index (χ0v) is 14.3. The van der Waals surface area contributed by atoms with Crippen LogP contribution in [0.3, 0.4) is 0 Å². The molecule has 8 nitrogen and oxygen atoms in total. The predicted molar refractivity (Wildman–Crippen MR) is 95.3 cm³/mol. The van der Waals surface area contributed by atoms with Gasteiger partial charge in [0.1, 0.15) is 11.4 Å². The van der Waals surface area contributed by atoms with E-state index in [9.17, 15) is 9.59 Å². The number of aromatic amines is 2. The first-order valence-electron chi connectivity index (χ1n) is 7.41. The van der Waals surface area contributed by atoms with E-state index in [0.717, 1.165) is 5.39 Å². The molecule has 0 unspecified atom stereocenters. The number of rotatable bonds is 5. The second kappa shape index (κ2) is 6.48. The van der Waals surface area contributed by atoms with Gasteiger partial charge in [0.15, 0.2) is 0 Å². The average molecular weight is 362 g/mol. The van der Waals surface area contributed by atoms with Crippen LogP contribution in [0.5, 0.6) is 5.75 Å². The first kappa shape index (κ1) is 16.8. The molecule has 0 saturated carbocycles. The van der Waals surface area contributed by atoms with Crippen molar-refractivity contribution in [3.63, 3.8) is 0 Å². The average Bonchev–Trinajstić information content (AvgIpc) is 3.02. The number of pyridine rings is 1. The Balaban J connectivity index is 1.95. The van der Waals surface area contributed by atoms with E-state index in [0.29, 0.717) is 27.8 Å². The van der Waals surface area contributed by atoms with Crippen molar-refractivity contribution < 1.29 is 9.53 Å². The number of H-pyrrole nitrogens is 2. The topological polar surface area (TPSA) is 126 Å². The van der Waals surface area contributed by atoms with Crippen LogP contribution >= 0.6 is 11.6 Å². The molecular formula is C16H16ClN5O3. The molecule has 1 amide bonds. The number of ether oxygens (including phenoxy) is 1. The van der Waals surface area contributed by atoms with Crippen molar-refractivity contribution in [2.45, 2.75) is 13.0 Å². The summed E-state index contributed by atoms with van der Waals surface area (Å²) in [4.78, 5) is 33.1. The highest BCUT2D eigenvalue weighted by molar-refractivity contribution is 6.32. The van der Waals surface area contributed by atoms with E-state index in [1.807, 2.05) is 0 Å². The molecule has 0 aliphatic rings. The van der Waals surface area contributed by atoms with Gasteiger partial charge >= 0.3 is 0 Å². The van der Waals surface area contributed by atoms with Gasteiger partial charge in [0, 0.05) is 17.0 Å². The number of primary amides is 1. The number of fused-ring (bicyclic) bond motifs is 1. The van der Waals surface area contributed by atoms with Gasteiger partial charge in [-0.3, -0.25) is 9.59 Å². The summed E-state index contributed by atoms with van der Waals surface area (Å²) in [6.07, 6.45) is 1.33. The largest absolute Gasteiger partial charge is 0.495 e. The number of nitrogens with one attached hydrogen (secondary N) is 3. The van der Waals surface area contributed by atoms with Crippen molar-refractivity contribution in [3.05, 3.63) is 51.0 Å². The number of hydrogen-bond donors (Lipinski definition) is 4. The number of methoxy groups -OCH3 is 1. The van der Waals surface area contributed by atoms with Gasteiger partial charge in [-0.2, -0.15) is 0 Å². The van der Waals surface area contributed by atoms with E-state index in [2.05, 4.69) is 20.3 Å². The molecule has 0 fully saturated rings. The fourth-order valence-corrected chi connectivity index (χ4v) is 2.75. The van der Waals surface area contributed by atoms with Gasteiger partial charge in [0.05, 0.1) is 29.9 Å². The van der Waals surface area contributed by atoms with Crippen molar-refractivity contribution in [3.8, 4) is 5.75 Å². The lowest BCUT2D eigenvalue weighted by Crippen LogP contribution is -2.20. The maximum Gasteiger partial charge on any atom is 0.266 e. The molecule has 3 rings (SSSR count). The van der Waals surface area contributed by atoms with Crippen LogP contribution in [0.1, 0.15) is 29.0 Å². The van der Waals surface area contributed by atoms with Crippen LogP contribution < -0.4 is 21.3 Å². The standard InChI is InChI=1S/C16H16ClN5O3/c1-7(20-16-19-6-12(22-16)14(18)23)9-3-8-4-10(17)13(25-2)5-11(8)21-15(9)24/h3-7H,1-2H3,(H2,18,23)(H,21,24)(H2,19,20,22)/t7-/m0/s1. The summed E-state index contributed by atoms with van der Waals surface area (Å²) in [5, 5.41) is 4.24. The molecule has 3 aromatic rings. The fraction of sp³-hybridized carbons (Fsp3) is 0.188. The van der Waals surface area contributed by atoms with Crippen LogP contribution in [0.25, 0.3) is 10.9 Å². The van der Waals surface area contributed by atoms with Crippen LogP contribution in [0.2, 0.25) is 5.02 Å². The molecule has 0 aliphatic heterocycles. The Bertz CT molecular complexity index is 1010. The smallest absolute Gasteiger partial charge is 0.266 e. The lowest BCUT2D eigenvalue weighted by Gasteiger charge is -2.14. The number of nitrogens with zero attached hydrogens (tertiary/aromatic N) is 1. The molecule has 25 heavy (non-hydrogen) atoms. The Labute approximate surface area is 147 Å². The summed E-state index contributed by atoms with van der Waals surface area (Å²) >= 11 is 6.15. The number of imidazole rings is 1. The third-order valence-electron chi connectivity index (χ3n) is 3.81. The Morgan fingerprint density at radius 2 is 2.12 bits per heavy atom. The molecule has 0 saturated heterocycles. The molecule has 9 heteroatoms. The third-order valence-corrected chi connectivity index (χ3v) is 4.10. The van der Waals surface area contributed by atoms with Crippen LogP contribution in [-0.2, 0) is 0 Å². The van der Waals surface area contributed by atoms with Crippen molar-refractivity contribution in [1.82, 2.24) is 15.0 Å². The Morgan fingerprint density at radius 1 is 1.36 bits per heavy atom. The quantitative estimate of drug-likeness (QED) is 0.554. The number of carbonyl (C=O) groups is 1. The number of nitrogens with two attached hydrogens (primary N) is 1. The van der Waals surface area contributed by atoms with Crippen LogP contribution in [0.4, 0.5) is 5.95 Å². The molecule has 0 bridgehead atoms. The van der Waals surface area contributed by atoms with Crippen LogP contribution in [0.15, 0.2) is 29.2 Å². The van der Waals surface area contributed by atoms with Gasteiger partial charge in [0.25, 0.3) is 11.5 Å². The first-order chi connectivity index (χ1) is 11.9. The highest BCUT2D eigenvalue weighted by Crippen LogP contribution is 2.29. The van der Waals surface area contributed by atoms with E-state index in [1.165, 1.54) is 13.3 Å². The van der Waals surface area contributed by atoms with Crippen molar-refractivity contribution in [2.24, 2.45) is 5.73 Å². The predicted octanol–water partition coefficient (Wildman–Crippen LogP) is 2.19. The molecule has 1 atom stereocenters. The molecule has 0 spiro atoms. The molecule has 1 aromatic carbocycles. The Kier molecular flexibility index (Phi) is 4.37. The zero-order chi connectivity index (χ0) is 18.1. The second-order valence-electron chi connectivity index (χ2n) is 5.50. The molecule has 0 radical (unpaired) electrons. The number of aromatic nitrogens is 3. The number of hydrogen-bond acceptors (Lipinski definition) is 5. The summed E-state index contributed by atoms with van der Waals surface area (Å²) < 4.78 is 5.15. The van der Waals surface area contributed by atoms with Crippen molar-refractivity contribution in [1.29, 1.82) is 0 Å². The zero-order valence-electron chi connectivity index (χ0n) is 13.5. The minimum absolute atomic E-state index is 0.181. The van der Waals surface area contributed by atoms with Gasteiger partial charge in [-0.1, -0.05) is 11.6 Å². The Hall–Kier alpha value is -3.00. The molecule has 2 aromatic heterocycles. The monoisotopic (exact) mass is 361 g/mol. The van der Waals surface area contributed by atoms with Gasteiger partial charge in [-0.25, -0.2) is 4.98 Å². The van der Waals surface area contributed by atoms with E-state index in [-0.39, 0.29) is 17.3 Å². The van der Waals surface area contributed by atoms with E-state index in [4.69, 9.17) is 22.1 Å². The summed E-state index contributed by atoms with van der Waals surface area (Å²) in [7, 11) is 1.51. The lowest BCUT2D eigenvalue weighted by molar-refractivity contribution is 0.0996. The van der Waals surface area contributed by atoms with Crippen LogP contribution in [-0.4, -0.2) is 28.0 Å². The highest BCUT2D eigenvalue weighted by atomic mass is 35.5. The number of halogens is 1. The molecule has 5 N–H and O–H groups in total. The highest BCUT2D eigenvalue weighted by Gasteiger charge is 2.15. The van der Waals surface area contributed by atoms with Gasteiger partial charge < -0.3 is 25.8 Å². The molecule has 0 aliphatic carbocycles. The summed E-state index contributed by atoms with van der Waals surface area (Å²) in [6, 6.07) is 4.77. The molecular weight excluding hydrogens is 346 g/mol. The lowest BCUT2D eigenvalue weighted by atomic mass is 10.1. The van der Waals surface area contributed by atoms with Crippen molar-refractivity contribution in [2.75, 3.05) is 12.4 Å². The SMILES string of the molecule is COc1cc2[nH]c(=O)c([C@H](C)Nc3ncc(C(N)=O)[nH]3)cc2cc1Cl. The fourth-order valence-electron chi connectivity index (χ4n) is 2.50. The van der Waals surface area contributed by atoms with Crippen molar-refractivity contribution >= 4 is 34.4 Å². The van der Waals surface area contributed by atoms with Crippen LogP contribution in [0, 0.1) is 0 Å². The first-order valence-corrected chi connectivity index (χ1v) is 7.78.